The molecule has 1 fully saturated rings. The van der Waals surface area contributed by atoms with Crippen molar-refractivity contribution in [2.45, 2.75) is 50.8 Å². The lowest BCUT2D eigenvalue weighted by Gasteiger charge is -2.30. The molecule has 0 unspecified atom stereocenters. The van der Waals surface area contributed by atoms with Crippen LogP contribution in [0.5, 0.6) is 0 Å². The van der Waals surface area contributed by atoms with Crippen LogP contribution in [0.4, 0.5) is 5.69 Å². The van der Waals surface area contributed by atoms with E-state index in [2.05, 4.69) is 15.5 Å². The van der Waals surface area contributed by atoms with Crippen molar-refractivity contribution in [3.8, 4) is 0 Å². The van der Waals surface area contributed by atoms with Crippen LogP contribution in [-0.2, 0) is 21.2 Å². The number of carbonyl (C=O) groups is 1. The number of benzene rings is 2. The lowest BCUT2D eigenvalue weighted by atomic mass is 9.97. The fourth-order valence-corrected chi connectivity index (χ4v) is 5.39. The van der Waals surface area contributed by atoms with E-state index in [4.69, 9.17) is 4.52 Å². The van der Waals surface area contributed by atoms with Crippen molar-refractivity contribution in [2.75, 3.05) is 18.4 Å². The van der Waals surface area contributed by atoms with E-state index in [1.165, 1.54) is 4.31 Å². The van der Waals surface area contributed by atoms with Gasteiger partial charge in [0.25, 0.3) is 0 Å². The third-order valence-electron chi connectivity index (χ3n) is 6.04. The molecular weight excluding hydrogens is 452 g/mol. The van der Waals surface area contributed by atoms with Crippen LogP contribution >= 0.6 is 0 Å². The SMILES string of the molecule is Cc1ccc(S(=O)(=O)N2CCC(C(=O)Nc3ccc(Cc4noc(C(C)C)n4)cc3)CC2)cc1. The number of nitrogens with one attached hydrogen (secondary N) is 1. The van der Waals surface area contributed by atoms with Gasteiger partial charge < -0.3 is 9.84 Å². The summed E-state index contributed by atoms with van der Waals surface area (Å²) >= 11 is 0. The van der Waals surface area contributed by atoms with E-state index in [9.17, 15) is 13.2 Å². The van der Waals surface area contributed by atoms with Gasteiger partial charge in [0.2, 0.25) is 21.8 Å². The largest absolute Gasteiger partial charge is 0.339 e. The van der Waals surface area contributed by atoms with Gasteiger partial charge in [-0.05, 0) is 49.6 Å². The highest BCUT2D eigenvalue weighted by atomic mass is 32.2. The zero-order valence-electron chi connectivity index (χ0n) is 19.7. The number of aryl methyl sites for hydroxylation is 1. The third kappa shape index (κ3) is 5.53. The minimum absolute atomic E-state index is 0.0834. The fraction of sp³-hybridized carbons (Fsp3) is 0.400. The molecule has 1 amide bonds. The summed E-state index contributed by atoms with van der Waals surface area (Å²) in [6.07, 6.45) is 1.54. The van der Waals surface area contributed by atoms with Crippen LogP contribution in [0.1, 0.15) is 55.4 Å². The van der Waals surface area contributed by atoms with Gasteiger partial charge in [-0.1, -0.05) is 48.8 Å². The number of carbonyl (C=O) groups excluding carboxylic acids is 1. The number of rotatable bonds is 7. The van der Waals surface area contributed by atoms with Crippen molar-refractivity contribution in [1.82, 2.24) is 14.4 Å². The predicted octanol–water partition coefficient (Wildman–Crippen LogP) is 4.13. The molecule has 34 heavy (non-hydrogen) atoms. The Morgan fingerprint density at radius 2 is 1.74 bits per heavy atom. The summed E-state index contributed by atoms with van der Waals surface area (Å²) < 4.78 is 32.5. The zero-order valence-corrected chi connectivity index (χ0v) is 20.5. The molecule has 9 heteroatoms. The van der Waals surface area contributed by atoms with Crippen LogP contribution in [-0.4, -0.2) is 41.9 Å². The van der Waals surface area contributed by atoms with Crippen LogP contribution in [0.15, 0.2) is 57.9 Å². The maximum atomic E-state index is 12.9. The molecular formula is C25H30N4O4S. The number of piperidine rings is 1. The van der Waals surface area contributed by atoms with Gasteiger partial charge in [0.1, 0.15) is 0 Å². The number of anilines is 1. The highest BCUT2D eigenvalue weighted by molar-refractivity contribution is 7.89. The van der Waals surface area contributed by atoms with E-state index in [1.54, 1.807) is 24.3 Å². The molecule has 1 aromatic heterocycles. The van der Waals surface area contributed by atoms with E-state index in [0.717, 1.165) is 11.1 Å². The Labute approximate surface area is 200 Å². The first-order valence-corrected chi connectivity index (χ1v) is 13.0. The number of aromatic nitrogens is 2. The lowest BCUT2D eigenvalue weighted by Crippen LogP contribution is -2.41. The molecule has 0 atom stereocenters. The molecule has 0 spiro atoms. The molecule has 1 aliphatic heterocycles. The number of hydrogen-bond acceptors (Lipinski definition) is 6. The van der Waals surface area contributed by atoms with Gasteiger partial charge in [-0.3, -0.25) is 4.79 Å². The van der Waals surface area contributed by atoms with Crippen molar-refractivity contribution < 1.29 is 17.7 Å². The molecule has 8 nitrogen and oxygen atoms in total. The van der Waals surface area contributed by atoms with Crippen LogP contribution in [0.3, 0.4) is 0 Å². The lowest BCUT2D eigenvalue weighted by molar-refractivity contribution is -0.120. The topological polar surface area (TPSA) is 105 Å². The molecule has 0 aliphatic carbocycles. The molecule has 1 aliphatic rings. The van der Waals surface area contributed by atoms with Crippen LogP contribution in [0.2, 0.25) is 0 Å². The molecule has 0 bridgehead atoms. The first-order valence-electron chi connectivity index (χ1n) is 11.5. The average molecular weight is 483 g/mol. The highest BCUT2D eigenvalue weighted by Crippen LogP contribution is 2.25. The Bertz CT molecular complexity index is 1230. The van der Waals surface area contributed by atoms with Crippen molar-refractivity contribution >= 4 is 21.6 Å². The van der Waals surface area contributed by atoms with Crippen molar-refractivity contribution in [2.24, 2.45) is 5.92 Å². The Morgan fingerprint density at radius 3 is 2.32 bits per heavy atom. The highest BCUT2D eigenvalue weighted by Gasteiger charge is 2.32. The molecule has 2 aromatic carbocycles. The third-order valence-corrected chi connectivity index (χ3v) is 7.96. The van der Waals surface area contributed by atoms with Gasteiger partial charge in [0.05, 0.1) is 4.90 Å². The van der Waals surface area contributed by atoms with Crippen LogP contribution in [0, 0.1) is 12.8 Å². The normalized spacial score (nSPS) is 15.5. The van der Waals surface area contributed by atoms with Gasteiger partial charge >= 0.3 is 0 Å². The summed E-state index contributed by atoms with van der Waals surface area (Å²) in [5, 5.41) is 6.97. The maximum Gasteiger partial charge on any atom is 0.243 e. The molecule has 2 heterocycles. The standard InChI is InChI=1S/C25H30N4O4S/c1-17(2)25-27-23(28-33-25)16-19-6-8-21(9-7-19)26-24(30)20-12-14-29(15-13-20)34(31,32)22-10-4-18(3)5-11-22/h4-11,17,20H,12-16H2,1-3H3,(H,26,30). The van der Waals surface area contributed by atoms with Crippen LogP contribution in [0.25, 0.3) is 0 Å². The summed E-state index contributed by atoms with van der Waals surface area (Å²) in [6.45, 7) is 6.58. The second kappa shape index (κ2) is 10.1. The fourth-order valence-electron chi connectivity index (χ4n) is 3.92. The number of sulfonamides is 1. The Balaban J connectivity index is 1.30. The quantitative estimate of drug-likeness (QED) is 0.543. The Morgan fingerprint density at radius 1 is 1.09 bits per heavy atom. The summed E-state index contributed by atoms with van der Waals surface area (Å²) in [7, 11) is -3.54. The first-order chi connectivity index (χ1) is 16.2. The van der Waals surface area contributed by atoms with Crippen molar-refractivity contribution in [3.63, 3.8) is 0 Å². The summed E-state index contributed by atoms with van der Waals surface area (Å²) in [5.41, 5.74) is 2.74. The van der Waals surface area contributed by atoms with E-state index >= 15 is 0 Å². The Hall–Kier alpha value is -3.04. The molecule has 1 saturated heterocycles. The summed E-state index contributed by atoms with van der Waals surface area (Å²) in [4.78, 5) is 17.4. The first kappa shape index (κ1) is 24.1. The molecule has 0 saturated carbocycles. The summed E-state index contributed by atoms with van der Waals surface area (Å²) in [6, 6.07) is 14.4. The maximum absolute atomic E-state index is 12.9. The van der Waals surface area contributed by atoms with Gasteiger partial charge in [-0.15, -0.1) is 0 Å². The van der Waals surface area contributed by atoms with Crippen LogP contribution < -0.4 is 5.32 Å². The van der Waals surface area contributed by atoms with Gasteiger partial charge in [0, 0.05) is 37.0 Å². The molecule has 3 aromatic rings. The smallest absolute Gasteiger partial charge is 0.243 e. The predicted molar refractivity (Wildman–Crippen MR) is 129 cm³/mol. The minimum atomic E-state index is -3.54. The van der Waals surface area contributed by atoms with Gasteiger partial charge in [-0.2, -0.15) is 9.29 Å². The molecule has 180 valence electrons. The molecule has 0 radical (unpaired) electrons. The molecule has 4 rings (SSSR count). The van der Waals surface area contributed by atoms with E-state index in [-0.39, 0.29) is 17.7 Å². The second-order valence-corrected chi connectivity index (χ2v) is 11.0. The zero-order chi connectivity index (χ0) is 24.3. The van der Waals surface area contributed by atoms with Crippen molar-refractivity contribution in [3.05, 3.63) is 71.4 Å². The number of amides is 1. The van der Waals surface area contributed by atoms with Gasteiger partial charge in [0.15, 0.2) is 5.82 Å². The number of nitrogens with zero attached hydrogens (tertiary/aromatic N) is 3. The van der Waals surface area contributed by atoms with E-state index in [1.807, 2.05) is 45.0 Å². The second-order valence-electron chi connectivity index (χ2n) is 9.06. The van der Waals surface area contributed by atoms with E-state index < -0.39 is 10.0 Å². The monoisotopic (exact) mass is 482 g/mol. The van der Waals surface area contributed by atoms with E-state index in [0.29, 0.717) is 54.6 Å². The molecule has 1 N–H and O–H groups in total. The van der Waals surface area contributed by atoms with Gasteiger partial charge in [-0.25, -0.2) is 8.42 Å². The Kier molecular flexibility index (Phi) is 7.13. The summed E-state index contributed by atoms with van der Waals surface area (Å²) in [5.74, 6) is 1.13. The average Bonchev–Trinajstić information content (AvgIpc) is 3.30. The minimum Gasteiger partial charge on any atom is -0.339 e. The number of hydrogen-bond donors (Lipinski definition) is 1. The van der Waals surface area contributed by atoms with Crippen molar-refractivity contribution in [1.29, 1.82) is 0 Å².